The lowest BCUT2D eigenvalue weighted by Crippen LogP contribution is -2.43. The summed E-state index contributed by atoms with van der Waals surface area (Å²) >= 11 is 9.30. The van der Waals surface area contributed by atoms with Crippen molar-refractivity contribution >= 4 is 39.3 Å². The molecular formula is C20H22BrClN2O4. The lowest BCUT2D eigenvalue weighted by Gasteiger charge is -2.11. The Bertz CT molecular complexity index is 812. The van der Waals surface area contributed by atoms with E-state index in [1.165, 1.54) is 0 Å². The number of hydrazine groups is 1. The van der Waals surface area contributed by atoms with Crippen LogP contribution in [0.1, 0.15) is 30.6 Å². The maximum Gasteiger partial charge on any atom is 0.276 e. The molecule has 0 atom stereocenters. The van der Waals surface area contributed by atoms with Gasteiger partial charge in [-0.1, -0.05) is 41.4 Å². The van der Waals surface area contributed by atoms with Crippen LogP contribution in [0, 0.1) is 5.92 Å². The molecular weight excluding hydrogens is 448 g/mol. The summed E-state index contributed by atoms with van der Waals surface area (Å²) in [6, 6.07) is 11.7. The number of amides is 2. The third-order valence-electron chi connectivity index (χ3n) is 3.65. The zero-order valence-electron chi connectivity index (χ0n) is 15.6. The fourth-order valence-electron chi connectivity index (χ4n) is 2.09. The van der Waals surface area contributed by atoms with Crippen LogP contribution in [0.25, 0.3) is 0 Å². The lowest BCUT2D eigenvalue weighted by atomic mass is 10.1. The molecule has 2 amide bonds. The molecule has 0 radical (unpaired) electrons. The van der Waals surface area contributed by atoms with Crippen LogP contribution < -0.4 is 20.3 Å². The zero-order valence-corrected chi connectivity index (χ0v) is 18.0. The van der Waals surface area contributed by atoms with E-state index in [2.05, 4.69) is 40.6 Å². The van der Waals surface area contributed by atoms with E-state index in [9.17, 15) is 9.59 Å². The second-order valence-corrected chi connectivity index (χ2v) is 7.74. The van der Waals surface area contributed by atoms with Crippen LogP contribution in [0.2, 0.25) is 5.02 Å². The highest BCUT2D eigenvalue weighted by Gasteiger charge is 2.10. The number of ether oxygens (including phenoxy) is 2. The summed E-state index contributed by atoms with van der Waals surface area (Å²) in [5.41, 5.74) is 5.03. The minimum Gasteiger partial charge on any atom is -0.494 e. The van der Waals surface area contributed by atoms with Gasteiger partial charge < -0.3 is 9.47 Å². The fraction of sp³-hybridized carbons (Fsp3) is 0.300. The minimum atomic E-state index is -0.513. The number of hydrogen-bond acceptors (Lipinski definition) is 4. The predicted octanol–water partition coefficient (Wildman–Crippen LogP) is 4.37. The van der Waals surface area contributed by atoms with Gasteiger partial charge in [0.25, 0.3) is 11.8 Å². The maximum atomic E-state index is 12.1. The molecule has 0 bridgehead atoms. The normalized spacial score (nSPS) is 10.5. The molecule has 150 valence electrons. The molecule has 0 aliphatic carbocycles. The molecule has 28 heavy (non-hydrogen) atoms. The van der Waals surface area contributed by atoms with Crippen molar-refractivity contribution in [1.82, 2.24) is 10.9 Å². The Hall–Kier alpha value is -2.25. The van der Waals surface area contributed by atoms with E-state index < -0.39 is 11.8 Å². The van der Waals surface area contributed by atoms with Gasteiger partial charge in [-0.15, -0.1) is 0 Å². The van der Waals surface area contributed by atoms with Crippen molar-refractivity contribution in [2.75, 3.05) is 13.2 Å². The average molecular weight is 470 g/mol. The van der Waals surface area contributed by atoms with Gasteiger partial charge in [0.15, 0.2) is 6.61 Å². The van der Waals surface area contributed by atoms with Gasteiger partial charge in [0.1, 0.15) is 11.5 Å². The first-order chi connectivity index (χ1) is 13.3. The highest BCUT2D eigenvalue weighted by Crippen LogP contribution is 2.27. The Morgan fingerprint density at radius 1 is 1.07 bits per heavy atom. The van der Waals surface area contributed by atoms with Crippen LogP contribution in [-0.4, -0.2) is 25.0 Å². The van der Waals surface area contributed by atoms with Crippen LogP contribution >= 0.6 is 27.5 Å². The number of carbonyl (C=O) groups excluding carboxylic acids is 2. The van der Waals surface area contributed by atoms with E-state index >= 15 is 0 Å². The minimum absolute atomic E-state index is 0.287. The van der Waals surface area contributed by atoms with Gasteiger partial charge in [-0.05, 0) is 54.8 Å². The molecule has 0 saturated carbocycles. The van der Waals surface area contributed by atoms with Crippen molar-refractivity contribution in [3.05, 3.63) is 57.5 Å². The summed E-state index contributed by atoms with van der Waals surface area (Å²) in [4.78, 5) is 23.9. The molecule has 0 saturated heterocycles. The van der Waals surface area contributed by atoms with Crippen molar-refractivity contribution in [2.24, 2.45) is 5.92 Å². The third kappa shape index (κ3) is 7.40. The molecule has 0 aromatic heterocycles. The largest absolute Gasteiger partial charge is 0.494 e. The van der Waals surface area contributed by atoms with Crippen LogP contribution in [0.5, 0.6) is 11.5 Å². The first kappa shape index (κ1) is 22.0. The quantitative estimate of drug-likeness (QED) is 0.563. The maximum absolute atomic E-state index is 12.1. The summed E-state index contributed by atoms with van der Waals surface area (Å²) in [6.07, 6.45) is 0.960. The Morgan fingerprint density at radius 3 is 2.43 bits per heavy atom. The van der Waals surface area contributed by atoms with Crippen LogP contribution in [0.3, 0.4) is 0 Å². The van der Waals surface area contributed by atoms with Gasteiger partial charge in [0, 0.05) is 10.0 Å². The summed E-state index contributed by atoms with van der Waals surface area (Å²) in [7, 11) is 0. The van der Waals surface area contributed by atoms with Gasteiger partial charge >= 0.3 is 0 Å². The Morgan fingerprint density at radius 2 is 1.79 bits per heavy atom. The Kier molecular flexibility index (Phi) is 8.60. The van der Waals surface area contributed by atoms with Crippen molar-refractivity contribution < 1.29 is 19.1 Å². The van der Waals surface area contributed by atoms with Crippen LogP contribution in [0.15, 0.2) is 46.9 Å². The monoisotopic (exact) mass is 468 g/mol. The average Bonchev–Trinajstić information content (AvgIpc) is 2.65. The second kappa shape index (κ2) is 10.9. The molecule has 2 N–H and O–H groups in total. The molecule has 0 heterocycles. The first-order valence-corrected chi connectivity index (χ1v) is 9.92. The van der Waals surface area contributed by atoms with Crippen LogP contribution in [0.4, 0.5) is 0 Å². The molecule has 0 aliphatic heterocycles. The van der Waals surface area contributed by atoms with E-state index in [-0.39, 0.29) is 6.61 Å². The standard InChI is InChI=1S/C20H22BrClN2O4/c1-13(2)9-10-27-16-6-3-14(4-7-16)20(26)24-23-19(25)12-28-18-8-5-15(21)11-17(18)22/h3-8,11,13H,9-10,12H2,1-2H3,(H,23,25)(H,24,26). The summed E-state index contributed by atoms with van der Waals surface area (Å²) in [5, 5.41) is 0.377. The van der Waals surface area contributed by atoms with E-state index in [1.54, 1.807) is 42.5 Å². The smallest absolute Gasteiger partial charge is 0.276 e. The van der Waals surface area contributed by atoms with E-state index in [0.717, 1.165) is 10.9 Å². The number of carbonyl (C=O) groups is 2. The van der Waals surface area contributed by atoms with Crippen molar-refractivity contribution in [1.29, 1.82) is 0 Å². The fourth-order valence-corrected chi connectivity index (χ4v) is 2.81. The van der Waals surface area contributed by atoms with Gasteiger partial charge in [-0.3, -0.25) is 20.4 Å². The number of nitrogens with one attached hydrogen (secondary N) is 2. The van der Waals surface area contributed by atoms with E-state index in [1.807, 2.05) is 0 Å². The van der Waals surface area contributed by atoms with Gasteiger partial charge in [-0.2, -0.15) is 0 Å². The highest BCUT2D eigenvalue weighted by molar-refractivity contribution is 9.10. The number of halogens is 2. The summed E-state index contributed by atoms with van der Waals surface area (Å²) < 4.78 is 11.7. The number of benzene rings is 2. The van der Waals surface area contributed by atoms with Crippen molar-refractivity contribution in [2.45, 2.75) is 20.3 Å². The van der Waals surface area contributed by atoms with Crippen molar-refractivity contribution in [3.8, 4) is 11.5 Å². The first-order valence-electron chi connectivity index (χ1n) is 8.75. The molecule has 2 aromatic carbocycles. The van der Waals surface area contributed by atoms with Crippen LogP contribution in [-0.2, 0) is 4.79 Å². The van der Waals surface area contributed by atoms with Gasteiger partial charge in [0.2, 0.25) is 0 Å². The van der Waals surface area contributed by atoms with Gasteiger partial charge in [-0.25, -0.2) is 0 Å². The van der Waals surface area contributed by atoms with E-state index in [0.29, 0.717) is 34.6 Å². The lowest BCUT2D eigenvalue weighted by molar-refractivity contribution is -0.123. The zero-order chi connectivity index (χ0) is 20.5. The third-order valence-corrected chi connectivity index (χ3v) is 4.44. The molecule has 2 rings (SSSR count). The highest BCUT2D eigenvalue weighted by atomic mass is 79.9. The molecule has 8 heteroatoms. The Labute approximate surface area is 177 Å². The molecule has 0 aliphatic rings. The molecule has 0 unspecified atom stereocenters. The number of hydrogen-bond donors (Lipinski definition) is 2. The predicted molar refractivity (Wildman–Crippen MR) is 112 cm³/mol. The molecule has 2 aromatic rings. The molecule has 6 nitrogen and oxygen atoms in total. The van der Waals surface area contributed by atoms with E-state index in [4.69, 9.17) is 21.1 Å². The topological polar surface area (TPSA) is 76.7 Å². The Balaban J connectivity index is 1.75. The SMILES string of the molecule is CC(C)CCOc1ccc(C(=O)NNC(=O)COc2ccc(Br)cc2Cl)cc1. The van der Waals surface area contributed by atoms with Crippen molar-refractivity contribution in [3.63, 3.8) is 0 Å². The number of rotatable bonds is 8. The molecule has 0 fully saturated rings. The van der Waals surface area contributed by atoms with Gasteiger partial charge in [0.05, 0.1) is 11.6 Å². The molecule has 0 spiro atoms. The second-order valence-electron chi connectivity index (χ2n) is 6.42. The summed E-state index contributed by atoms with van der Waals surface area (Å²) in [5.74, 6) is 0.683. The summed E-state index contributed by atoms with van der Waals surface area (Å²) in [6.45, 7) is 4.60.